The molecular formula is C21H23NO. The van der Waals surface area contributed by atoms with Crippen LogP contribution in [0.15, 0.2) is 54.6 Å². The van der Waals surface area contributed by atoms with Crippen molar-refractivity contribution in [2.24, 2.45) is 5.41 Å². The van der Waals surface area contributed by atoms with Crippen LogP contribution in [0.3, 0.4) is 0 Å². The lowest BCUT2D eigenvalue weighted by molar-refractivity contribution is -0.0211. The Kier molecular flexibility index (Phi) is 4.41. The van der Waals surface area contributed by atoms with Gasteiger partial charge in [-0.25, -0.2) is 0 Å². The molecule has 1 fully saturated rings. The Bertz CT molecular complexity index is 707. The number of benzene rings is 2. The molecule has 2 aromatic rings. The molecule has 2 heteroatoms. The van der Waals surface area contributed by atoms with Gasteiger partial charge in [0.05, 0.1) is 13.2 Å². The highest BCUT2D eigenvalue weighted by Gasteiger charge is 2.44. The lowest BCUT2D eigenvalue weighted by atomic mass is 9.75. The van der Waals surface area contributed by atoms with Crippen molar-refractivity contribution in [3.8, 4) is 17.6 Å². The molecule has 0 radical (unpaired) electrons. The average molecular weight is 305 g/mol. The van der Waals surface area contributed by atoms with E-state index in [0.29, 0.717) is 6.04 Å². The fraction of sp³-hybridized carbons (Fsp3) is 0.333. The van der Waals surface area contributed by atoms with E-state index in [0.717, 1.165) is 24.4 Å². The van der Waals surface area contributed by atoms with Gasteiger partial charge in [0.25, 0.3) is 0 Å². The summed E-state index contributed by atoms with van der Waals surface area (Å²) in [6.07, 6.45) is 0. The van der Waals surface area contributed by atoms with E-state index in [-0.39, 0.29) is 5.41 Å². The normalized spacial score (nSPS) is 19.3. The number of methoxy groups -OCH3 is 1. The van der Waals surface area contributed by atoms with Crippen molar-refractivity contribution in [1.29, 1.82) is 0 Å². The number of rotatable bonds is 3. The minimum absolute atomic E-state index is 0.244. The molecule has 0 N–H and O–H groups in total. The van der Waals surface area contributed by atoms with Crippen molar-refractivity contribution in [2.75, 3.05) is 13.7 Å². The Morgan fingerprint density at radius 2 is 1.78 bits per heavy atom. The molecule has 118 valence electrons. The molecule has 1 atom stereocenters. The molecule has 0 aromatic heterocycles. The van der Waals surface area contributed by atoms with Gasteiger partial charge in [-0.1, -0.05) is 56.0 Å². The Labute approximate surface area is 139 Å². The Morgan fingerprint density at radius 3 is 2.39 bits per heavy atom. The molecule has 2 aromatic carbocycles. The van der Waals surface area contributed by atoms with E-state index in [1.807, 2.05) is 30.3 Å². The molecule has 1 aliphatic rings. The number of nitrogens with zero attached hydrogens (tertiary/aromatic N) is 1. The minimum Gasteiger partial charge on any atom is -0.497 e. The van der Waals surface area contributed by atoms with E-state index in [9.17, 15) is 0 Å². The molecule has 1 aliphatic heterocycles. The van der Waals surface area contributed by atoms with E-state index >= 15 is 0 Å². The molecule has 23 heavy (non-hydrogen) atoms. The van der Waals surface area contributed by atoms with Gasteiger partial charge in [0, 0.05) is 24.1 Å². The van der Waals surface area contributed by atoms with Crippen LogP contribution in [0, 0.1) is 17.3 Å². The van der Waals surface area contributed by atoms with Crippen LogP contribution in [0.4, 0.5) is 0 Å². The van der Waals surface area contributed by atoms with Crippen molar-refractivity contribution >= 4 is 0 Å². The van der Waals surface area contributed by atoms with Crippen LogP contribution in [-0.4, -0.2) is 24.6 Å². The van der Waals surface area contributed by atoms with Crippen LogP contribution in [0.25, 0.3) is 0 Å². The summed E-state index contributed by atoms with van der Waals surface area (Å²) in [7, 11) is 1.70. The second kappa shape index (κ2) is 6.48. The minimum atomic E-state index is 0.244. The van der Waals surface area contributed by atoms with Gasteiger partial charge in [-0.2, -0.15) is 0 Å². The monoisotopic (exact) mass is 305 g/mol. The van der Waals surface area contributed by atoms with Gasteiger partial charge in [-0.3, -0.25) is 4.90 Å². The first kappa shape index (κ1) is 15.6. The molecular weight excluding hydrogens is 282 g/mol. The highest BCUT2D eigenvalue weighted by molar-refractivity contribution is 5.36. The Hall–Kier alpha value is -2.24. The maximum absolute atomic E-state index is 5.22. The first-order chi connectivity index (χ1) is 11.1. The third-order valence-corrected chi connectivity index (χ3v) is 4.39. The summed E-state index contributed by atoms with van der Waals surface area (Å²) in [5.41, 5.74) is 2.63. The summed E-state index contributed by atoms with van der Waals surface area (Å²) in [4.78, 5) is 2.44. The van der Waals surface area contributed by atoms with E-state index in [4.69, 9.17) is 4.74 Å². The highest BCUT2D eigenvalue weighted by Crippen LogP contribution is 2.37. The molecule has 1 unspecified atom stereocenters. The van der Waals surface area contributed by atoms with Crippen LogP contribution in [0.5, 0.6) is 5.75 Å². The van der Waals surface area contributed by atoms with Gasteiger partial charge in [-0.05, 0) is 29.8 Å². The lowest BCUT2D eigenvalue weighted by Crippen LogP contribution is -2.60. The maximum atomic E-state index is 5.22. The average Bonchev–Trinajstić information content (AvgIpc) is 2.56. The summed E-state index contributed by atoms with van der Waals surface area (Å²) < 4.78 is 5.22. The number of hydrogen-bond acceptors (Lipinski definition) is 2. The van der Waals surface area contributed by atoms with E-state index in [1.54, 1.807) is 7.11 Å². The quantitative estimate of drug-likeness (QED) is 0.796. The molecule has 1 saturated heterocycles. The van der Waals surface area contributed by atoms with E-state index in [1.165, 1.54) is 5.56 Å². The van der Waals surface area contributed by atoms with Gasteiger partial charge in [-0.15, -0.1) is 0 Å². The second-order valence-electron chi connectivity index (χ2n) is 6.78. The predicted molar refractivity (Wildman–Crippen MR) is 94.3 cm³/mol. The molecule has 0 aliphatic carbocycles. The van der Waals surface area contributed by atoms with Crippen LogP contribution < -0.4 is 4.74 Å². The summed E-state index contributed by atoms with van der Waals surface area (Å²) in [6, 6.07) is 18.8. The topological polar surface area (TPSA) is 12.5 Å². The van der Waals surface area contributed by atoms with Crippen molar-refractivity contribution < 1.29 is 4.74 Å². The molecule has 0 amide bonds. The molecule has 3 rings (SSSR count). The summed E-state index contributed by atoms with van der Waals surface area (Å²) in [5, 5.41) is 0. The Balaban J connectivity index is 1.71. The summed E-state index contributed by atoms with van der Waals surface area (Å²) in [6.45, 7) is 6.60. The summed E-state index contributed by atoms with van der Waals surface area (Å²) >= 11 is 0. The van der Waals surface area contributed by atoms with Crippen LogP contribution >= 0.6 is 0 Å². The SMILES string of the molecule is COc1ccc(CN2CC(C)(C)C2C#Cc2ccccc2)cc1. The van der Waals surface area contributed by atoms with Crippen molar-refractivity contribution in [3.63, 3.8) is 0 Å². The van der Waals surface area contributed by atoms with Crippen molar-refractivity contribution in [1.82, 2.24) is 4.90 Å². The predicted octanol–water partition coefficient (Wildman–Crippen LogP) is 3.96. The third-order valence-electron chi connectivity index (χ3n) is 4.39. The van der Waals surface area contributed by atoms with Gasteiger partial charge in [0.2, 0.25) is 0 Å². The van der Waals surface area contributed by atoms with Crippen LogP contribution in [-0.2, 0) is 6.54 Å². The van der Waals surface area contributed by atoms with Crippen LogP contribution in [0.2, 0.25) is 0 Å². The number of likely N-dealkylation sites (tertiary alicyclic amines) is 1. The lowest BCUT2D eigenvalue weighted by Gasteiger charge is -2.52. The maximum Gasteiger partial charge on any atom is 0.118 e. The largest absolute Gasteiger partial charge is 0.497 e. The zero-order chi connectivity index (χ0) is 16.3. The smallest absolute Gasteiger partial charge is 0.118 e. The van der Waals surface area contributed by atoms with Crippen molar-refractivity contribution in [2.45, 2.75) is 26.4 Å². The summed E-state index contributed by atoms with van der Waals surface area (Å²) in [5.74, 6) is 7.70. The molecule has 0 bridgehead atoms. The standard InChI is InChI=1S/C21H23NO/c1-21(2)16-22(15-18-9-12-19(23-3)13-10-18)20(21)14-11-17-7-5-4-6-8-17/h4-10,12-13,20H,15-16H2,1-3H3. The van der Waals surface area contributed by atoms with Gasteiger partial charge >= 0.3 is 0 Å². The van der Waals surface area contributed by atoms with Crippen LogP contribution in [0.1, 0.15) is 25.0 Å². The molecule has 0 spiro atoms. The fourth-order valence-electron chi connectivity index (χ4n) is 3.16. The first-order valence-corrected chi connectivity index (χ1v) is 8.02. The third kappa shape index (κ3) is 3.57. The zero-order valence-electron chi connectivity index (χ0n) is 14.0. The van der Waals surface area contributed by atoms with E-state index in [2.05, 4.69) is 54.9 Å². The number of hydrogen-bond donors (Lipinski definition) is 0. The Morgan fingerprint density at radius 1 is 1.09 bits per heavy atom. The number of ether oxygens (including phenoxy) is 1. The van der Waals surface area contributed by atoms with Gasteiger partial charge in [0.1, 0.15) is 5.75 Å². The molecule has 0 saturated carbocycles. The fourth-order valence-corrected chi connectivity index (χ4v) is 3.16. The zero-order valence-corrected chi connectivity index (χ0v) is 14.0. The van der Waals surface area contributed by atoms with Gasteiger partial charge in [0.15, 0.2) is 0 Å². The molecule has 2 nitrogen and oxygen atoms in total. The van der Waals surface area contributed by atoms with Gasteiger partial charge < -0.3 is 4.74 Å². The first-order valence-electron chi connectivity index (χ1n) is 8.02. The highest BCUT2D eigenvalue weighted by atomic mass is 16.5. The second-order valence-corrected chi connectivity index (χ2v) is 6.78. The van der Waals surface area contributed by atoms with E-state index < -0.39 is 0 Å². The molecule has 1 heterocycles. The van der Waals surface area contributed by atoms with Crippen molar-refractivity contribution in [3.05, 3.63) is 65.7 Å².